The minimum absolute atomic E-state index is 0.0227. The number of amides is 1. The molecule has 0 unspecified atom stereocenters. The van der Waals surface area contributed by atoms with Crippen LogP contribution in [0.1, 0.15) is 29.3 Å². The molecule has 0 aliphatic rings. The molecule has 1 amide bonds. The Bertz CT molecular complexity index is 517. The van der Waals surface area contributed by atoms with Gasteiger partial charge in [0.05, 0.1) is 13.0 Å². The van der Waals surface area contributed by atoms with Crippen molar-refractivity contribution in [2.24, 2.45) is 0 Å². The number of rotatable bonds is 5. The van der Waals surface area contributed by atoms with Crippen LogP contribution in [-0.4, -0.2) is 37.0 Å². The Morgan fingerprint density at radius 2 is 1.95 bits per heavy atom. The van der Waals surface area contributed by atoms with Crippen molar-refractivity contribution in [3.63, 3.8) is 0 Å². The Morgan fingerprint density at radius 3 is 2.55 bits per heavy atom. The van der Waals surface area contributed by atoms with Crippen molar-refractivity contribution >= 4 is 11.9 Å². The predicted octanol–water partition coefficient (Wildman–Crippen LogP) is 2.30. The number of hydrogen-bond acceptors (Lipinski definition) is 3. The van der Waals surface area contributed by atoms with E-state index < -0.39 is 29.1 Å². The van der Waals surface area contributed by atoms with Gasteiger partial charge in [0.1, 0.15) is 17.2 Å². The Hall–Kier alpha value is -1.98. The molecule has 0 saturated carbocycles. The number of carbonyl (C=O) groups excluding carboxylic acids is 2. The third-order valence-electron chi connectivity index (χ3n) is 2.80. The van der Waals surface area contributed by atoms with Gasteiger partial charge in [0.2, 0.25) is 0 Å². The standard InChI is InChI=1S/C14H17F2NO3/c1-4-20-11(18)7-8-17(3)14(19)12-10(15)6-5-9(2)13(12)16/h5-6H,4,7-8H2,1-3H3. The third-order valence-corrected chi connectivity index (χ3v) is 2.80. The number of hydrogen-bond donors (Lipinski definition) is 0. The molecule has 0 aliphatic carbocycles. The number of carbonyl (C=O) groups is 2. The quantitative estimate of drug-likeness (QED) is 0.780. The van der Waals surface area contributed by atoms with E-state index in [0.717, 1.165) is 11.0 Å². The lowest BCUT2D eigenvalue weighted by molar-refractivity contribution is -0.143. The van der Waals surface area contributed by atoms with Crippen molar-refractivity contribution in [3.05, 3.63) is 34.9 Å². The number of ether oxygens (including phenoxy) is 1. The van der Waals surface area contributed by atoms with Crippen molar-refractivity contribution in [2.45, 2.75) is 20.3 Å². The van der Waals surface area contributed by atoms with E-state index in [0.29, 0.717) is 0 Å². The van der Waals surface area contributed by atoms with Crippen LogP contribution < -0.4 is 0 Å². The Labute approximate surface area is 116 Å². The molecule has 0 radical (unpaired) electrons. The van der Waals surface area contributed by atoms with Crippen molar-refractivity contribution in [1.29, 1.82) is 0 Å². The lowest BCUT2D eigenvalue weighted by Gasteiger charge is -2.18. The second-order valence-electron chi connectivity index (χ2n) is 4.33. The van der Waals surface area contributed by atoms with Gasteiger partial charge in [-0.05, 0) is 25.5 Å². The molecule has 6 heteroatoms. The normalized spacial score (nSPS) is 10.2. The van der Waals surface area contributed by atoms with Gasteiger partial charge in [-0.15, -0.1) is 0 Å². The van der Waals surface area contributed by atoms with Gasteiger partial charge in [-0.1, -0.05) is 6.07 Å². The van der Waals surface area contributed by atoms with Crippen molar-refractivity contribution in [1.82, 2.24) is 4.90 Å². The summed E-state index contributed by atoms with van der Waals surface area (Å²) in [6.45, 7) is 3.40. The van der Waals surface area contributed by atoms with Crippen molar-refractivity contribution < 1.29 is 23.1 Å². The molecule has 0 aliphatic heterocycles. The molecule has 4 nitrogen and oxygen atoms in total. The number of halogens is 2. The number of benzene rings is 1. The highest BCUT2D eigenvalue weighted by atomic mass is 19.1. The number of aryl methyl sites for hydroxylation is 1. The van der Waals surface area contributed by atoms with E-state index in [-0.39, 0.29) is 25.1 Å². The Kier molecular flexibility index (Phi) is 5.61. The fourth-order valence-electron chi connectivity index (χ4n) is 1.64. The van der Waals surface area contributed by atoms with Gasteiger partial charge in [-0.25, -0.2) is 8.78 Å². The predicted molar refractivity (Wildman–Crippen MR) is 69.3 cm³/mol. The highest BCUT2D eigenvalue weighted by molar-refractivity contribution is 5.95. The summed E-state index contributed by atoms with van der Waals surface area (Å²) in [4.78, 5) is 24.3. The fraction of sp³-hybridized carbons (Fsp3) is 0.429. The van der Waals surface area contributed by atoms with E-state index in [1.54, 1.807) is 6.92 Å². The molecule has 0 bridgehead atoms. The first-order valence-corrected chi connectivity index (χ1v) is 6.24. The lowest BCUT2D eigenvalue weighted by Crippen LogP contribution is -2.31. The van der Waals surface area contributed by atoms with E-state index >= 15 is 0 Å². The third kappa shape index (κ3) is 3.76. The summed E-state index contributed by atoms with van der Waals surface area (Å²) in [7, 11) is 1.38. The van der Waals surface area contributed by atoms with Crippen molar-refractivity contribution in [3.8, 4) is 0 Å². The maximum atomic E-state index is 13.8. The van der Waals surface area contributed by atoms with Crippen LogP contribution in [0.15, 0.2) is 12.1 Å². The molecule has 0 atom stereocenters. The molecule has 110 valence electrons. The maximum Gasteiger partial charge on any atom is 0.307 e. The van der Waals surface area contributed by atoms with Gasteiger partial charge < -0.3 is 9.64 Å². The maximum absolute atomic E-state index is 13.8. The van der Waals surface area contributed by atoms with Crippen LogP contribution in [0.2, 0.25) is 0 Å². The van der Waals surface area contributed by atoms with Crippen LogP contribution in [0.5, 0.6) is 0 Å². The summed E-state index contributed by atoms with van der Waals surface area (Å²) >= 11 is 0. The summed E-state index contributed by atoms with van der Waals surface area (Å²) in [6, 6.07) is 2.31. The molecule has 1 rings (SSSR count). The first kappa shape index (κ1) is 16.1. The smallest absolute Gasteiger partial charge is 0.307 e. The van der Waals surface area contributed by atoms with Gasteiger partial charge in [-0.3, -0.25) is 9.59 Å². The highest BCUT2D eigenvalue weighted by Crippen LogP contribution is 2.18. The Balaban J connectivity index is 2.80. The molecule has 0 spiro atoms. The SMILES string of the molecule is CCOC(=O)CCN(C)C(=O)c1c(F)ccc(C)c1F. The molecule has 0 heterocycles. The summed E-state index contributed by atoms with van der Waals surface area (Å²) in [5, 5.41) is 0. The summed E-state index contributed by atoms with van der Waals surface area (Å²) in [5.74, 6) is -3.05. The van der Waals surface area contributed by atoms with Crippen LogP contribution in [0.25, 0.3) is 0 Å². The molecule has 0 N–H and O–H groups in total. The molecule has 20 heavy (non-hydrogen) atoms. The van der Waals surface area contributed by atoms with Gasteiger partial charge >= 0.3 is 5.97 Å². The topological polar surface area (TPSA) is 46.6 Å². The average molecular weight is 285 g/mol. The molecule has 0 fully saturated rings. The molecule has 1 aromatic carbocycles. The summed E-state index contributed by atoms with van der Waals surface area (Å²) in [6.07, 6.45) is -0.0227. The second kappa shape index (κ2) is 6.98. The average Bonchev–Trinajstić information content (AvgIpc) is 2.41. The lowest BCUT2D eigenvalue weighted by atomic mass is 10.1. The second-order valence-corrected chi connectivity index (χ2v) is 4.33. The van der Waals surface area contributed by atoms with Gasteiger partial charge in [0.25, 0.3) is 5.91 Å². The van der Waals surface area contributed by atoms with Crippen LogP contribution in [0.3, 0.4) is 0 Å². The van der Waals surface area contributed by atoms with Crippen LogP contribution in [-0.2, 0) is 9.53 Å². The minimum Gasteiger partial charge on any atom is -0.466 e. The van der Waals surface area contributed by atoms with E-state index in [1.807, 2.05) is 0 Å². The zero-order valence-corrected chi connectivity index (χ0v) is 11.7. The van der Waals surface area contributed by atoms with E-state index in [1.165, 1.54) is 20.0 Å². The largest absolute Gasteiger partial charge is 0.466 e. The van der Waals surface area contributed by atoms with Crippen LogP contribution in [0.4, 0.5) is 8.78 Å². The summed E-state index contributed by atoms with van der Waals surface area (Å²) in [5.41, 5.74) is -0.412. The fourth-order valence-corrected chi connectivity index (χ4v) is 1.64. The molecule has 1 aromatic rings. The zero-order chi connectivity index (χ0) is 15.3. The summed E-state index contributed by atoms with van der Waals surface area (Å²) < 4.78 is 32.1. The van der Waals surface area contributed by atoms with E-state index in [4.69, 9.17) is 4.74 Å². The molecular formula is C14H17F2NO3. The van der Waals surface area contributed by atoms with Gasteiger partial charge in [-0.2, -0.15) is 0 Å². The van der Waals surface area contributed by atoms with E-state index in [2.05, 4.69) is 0 Å². The zero-order valence-electron chi connectivity index (χ0n) is 11.7. The van der Waals surface area contributed by atoms with Gasteiger partial charge in [0, 0.05) is 13.6 Å². The monoisotopic (exact) mass is 285 g/mol. The van der Waals surface area contributed by atoms with Crippen molar-refractivity contribution in [2.75, 3.05) is 20.2 Å². The van der Waals surface area contributed by atoms with Crippen LogP contribution in [0, 0.1) is 18.6 Å². The molecular weight excluding hydrogens is 268 g/mol. The molecule has 0 aromatic heterocycles. The first-order chi connectivity index (χ1) is 9.38. The van der Waals surface area contributed by atoms with Gasteiger partial charge in [0.15, 0.2) is 0 Å². The van der Waals surface area contributed by atoms with Crippen LogP contribution >= 0.6 is 0 Å². The number of esters is 1. The first-order valence-electron chi connectivity index (χ1n) is 6.24. The van der Waals surface area contributed by atoms with E-state index in [9.17, 15) is 18.4 Å². The molecule has 0 saturated heterocycles. The Morgan fingerprint density at radius 1 is 1.30 bits per heavy atom. The minimum atomic E-state index is -0.916. The number of nitrogens with zero attached hydrogens (tertiary/aromatic N) is 1. The highest BCUT2D eigenvalue weighted by Gasteiger charge is 2.22.